The second-order valence-electron chi connectivity index (χ2n) is 6.68. The van der Waals surface area contributed by atoms with Crippen molar-refractivity contribution in [3.8, 4) is 11.3 Å². The van der Waals surface area contributed by atoms with Crippen LogP contribution in [0.5, 0.6) is 0 Å². The van der Waals surface area contributed by atoms with Crippen molar-refractivity contribution in [2.24, 2.45) is 0 Å². The number of nitrogens with zero attached hydrogens (tertiary/aromatic N) is 5. The monoisotopic (exact) mass is 364 g/mol. The van der Waals surface area contributed by atoms with E-state index in [2.05, 4.69) is 33.4 Å². The normalized spacial score (nSPS) is 13.9. The van der Waals surface area contributed by atoms with Crippen molar-refractivity contribution in [2.45, 2.75) is 26.3 Å². The highest BCUT2D eigenvalue weighted by Crippen LogP contribution is 2.38. The molecule has 0 unspecified atom stereocenters. The summed E-state index contributed by atoms with van der Waals surface area (Å²) in [7, 11) is 0. The molecule has 4 heterocycles. The SMILES string of the molecule is C=C(C)c1cn[nH]c1-c1cnn2c1N(C(=C)c1ncccc1F)CCCC2. The number of anilines is 1. The molecule has 0 aliphatic carbocycles. The second kappa shape index (κ2) is 6.83. The third-order valence-corrected chi connectivity index (χ3v) is 4.80. The molecular weight excluding hydrogens is 343 g/mol. The average Bonchev–Trinajstić information content (AvgIpc) is 3.24. The molecule has 1 aliphatic heterocycles. The van der Waals surface area contributed by atoms with Crippen LogP contribution >= 0.6 is 0 Å². The van der Waals surface area contributed by atoms with E-state index in [0.29, 0.717) is 12.2 Å². The maximum atomic E-state index is 14.3. The first-order valence-corrected chi connectivity index (χ1v) is 8.90. The fourth-order valence-corrected chi connectivity index (χ4v) is 3.44. The molecule has 7 heteroatoms. The Morgan fingerprint density at radius 3 is 2.81 bits per heavy atom. The zero-order chi connectivity index (χ0) is 19.0. The predicted octanol–water partition coefficient (Wildman–Crippen LogP) is 4.11. The zero-order valence-electron chi connectivity index (χ0n) is 15.2. The molecule has 0 radical (unpaired) electrons. The molecule has 0 saturated carbocycles. The van der Waals surface area contributed by atoms with E-state index in [1.165, 1.54) is 6.07 Å². The van der Waals surface area contributed by atoms with Crippen LogP contribution in [0.15, 0.2) is 43.9 Å². The number of nitrogens with one attached hydrogen (secondary N) is 1. The van der Waals surface area contributed by atoms with Crippen molar-refractivity contribution in [1.82, 2.24) is 25.0 Å². The average molecular weight is 364 g/mol. The molecule has 4 rings (SSSR count). The van der Waals surface area contributed by atoms with Crippen LogP contribution in [0.1, 0.15) is 31.0 Å². The standard InChI is InChI=1S/C20H21FN6/c1-13(2)15-11-23-25-19(15)16-12-24-27-10-5-4-9-26(20(16)27)14(3)18-17(21)7-6-8-22-18/h6-8,11-12H,1,3-5,9-10H2,2H3,(H,23,25). The molecule has 138 valence electrons. The van der Waals surface area contributed by atoms with Gasteiger partial charge >= 0.3 is 0 Å². The van der Waals surface area contributed by atoms with Gasteiger partial charge in [-0.1, -0.05) is 13.2 Å². The lowest BCUT2D eigenvalue weighted by molar-refractivity contribution is 0.593. The van der Waals surface area contributed by atoms with Gasteiger partial charge in [0.1, 0.15) is 11.5 Å². The number of halogens is 1. The summed E-state index contributed by atoms with van der Waals surface area (Å²) in [5.74, 6) is 0.484. The molecule has 0 saturated heterocycles. The van der Waals surface area contributed by atoms with E-state index in [1.54, 1.807) is 18.5 Å². The Kier molecular flexibility index (Phi) is 4.35. The maximum absolute atomic E-state index is 14.3. The summed E-state index contributed by atoms with van der Waals surface area (Å²) in [6.07, 6.45) is 7.09. The lowest BCUT2D eigenvalue weighted by Gasteiger charge is -2.26. The van der Waals surface area contributed by atoms with Gasteiger partial charge in [0.05, 0.1) is 29.3 Å². The maximum Gasteiger partial charge on any atom is 0.150 e. The van der Waals surface area contributed by atoms with E-state index in [-0.39, 0.29) is 11.5 Å². The first-order chi connectivity index (χ1) is 13.1. The van der Waals surface area contributed by atoms with E-state index >= 15 is 0 Å². The molecule has 1 N–H and O–H groups in total. The van der Waals surface area contributed by atoms with Crippen molar-refractivity contribution < 1.29 is 4.39 Å². The number of H-pyrrole nitrogens is 1. The van der Waals surface area contributed by atoms with Crippen LogP contribution in [-0.4, -0.2) is 31.5 Å². The Hall–Kier alpha value is -3.22. The lowest BCUT2D eigenvalue weighted by Crippen LogP contribution is -2.24. The van der Waals surface area contributed by atoms with Gasteiger partial charge in [-0.2, -0.15) is 10.2 Å². The van der Waals surface area contributed by atoms with Gasteiger partial charge in [0.15, 0.2) is 5.82 Å². The molecule has 0 amide bonds. The van der Waals surface area contributed by atoms with Gasteiger partial charge in [0.25, 0.3) is 0 Å². The molecule has 6 nitrogen and oxygen atoms in total. The summed E-state index contributed by atoms with van der Waals surface area (Å²) in [5, 5.41) is 11.8. The highest BCUT2D eigenvalue weighted by Gasteiger charge is 2.27. The van der Waals surface area contributed by atoms with Crippen LogP contribution < -0.4 is 4.90 Å². The number of allylic oxidation sites excluding steroid dienone is 1. The Morgan fingerprint density at radius 1 is 1.22 bits per heavy atom. The molecule has 1 aliphatic rings. The van der Waals surface area contributed by atoms with Gasteiger partial charge in [-0.05, 0) is 37.5 Å². The fraction of sp³-hybridized carbons (Fsp3) is 0.250. The van der Waals surface area contributed by atoms with Crippen LogP contribution in [0.2, 0.25) is 0 Å². The lowest BCUT2D eigenvalue weighted by atomic mass is 10.1. The topological polar surface area (TPSA) is 62.6 Å². The van der Waals surface area contributed by atoms with Gasteiger partial charge in [0, 0.05) is 24.8 Å². The third kappa shape index (κ3) is 2.95. The number of pyridine rings is 1. The van der Waals surface area contributed by atoms with Gasteiger partial charge in [-0.25, -0.2) is 9.07 Å². The number of aryl methyl sites for hydroxylation is 1. The Balaban J connectivity index is 1.85. The van der Waals surface area contributed by atoms with E-state index in [1.807, 2.05) is 22.7 Å². The smallest absolute Gasteiger partial charge is 0.150 e. The molecule has 0 fully saturated rings. The minimum absolute atomic E-state index is 0.253. The molecule has 0 atom stereocenters. The number of aromatic nitrogens is 5. The summed E-state index contributed by atoms with van der Waals surface area (Å²) in [6, 6.07) is 2.98. The minimum atomic E-state index is -0.386. The van der Waals surface area contributed by atoms with Gasteiger partial charge < -0.3 is 4.90 Å². The van der Waals surface area contributed by atoms with Crippen molar-refractivity contribution in [3.05, 3.63) is 61.0 Å². The largest absolute Gasteiger partial charge is 0.325 e. The van der Waals surface area contributed by atoms with E-state index in [0.717, 1.165) is 47.6 Å². The van der Waals surface area contributed by atoms with Crippen LogP contribution in [0.3, 0.4) is 0 Å². The van der Waals surface area contributed by atoms with Crippen LogP contribution in [-0.2, 0) is 6.54 Å². The zero-order valence-corrected chi connectivity index (χ0v) is 15.2. The molecule has 0 bridgehead atoms. The van der Waals surface area contributed by atoms with E-state index in [9.17, 15) is 4.39 Å². The van der Waals surface area contributed by atoms with E-state index in [4.69, 9.17) is 0 Å². The van der Waals surface area contributed by atoms with Crippen LogP contribution in [0, 0.1) is 5.82 Å². The Morgan fingerprint density at radius 2 is 2.04 bits per heavy atom. The van der Waals surface area contributed by atoms with Gasteiger partial charge in [-0.15, -0.1) is 0 Å². The van der Waals surface area contributed by atoms with Gasteiger partial charge in [0.2, 0.25) is 0 Å². The molecule has 3 aromatic rings. The predicted molar refractivity (Wildman–Crippen MR) is 104 cm³/mol. The molecule has 0 aromatic carbocycles. The third-order valence-electron chi connectivity index (χ3n) is 4.80. The molecule has 27 heavy (non-hydrogen) atoms. The Labute approximate surface area is 157 Å². The highest BCUT2D eigenvalue weighted by atomic mass is 19.1. The summed E-state index contributed by atoms with van der Waals surface area (Å²) in [4.78, 5) is 6.20. The Bertz CT molecular complexity index is 1020. The van der Waals surface area contributed by atoms with Crippen molar-refractivity contribution in [1.29, 1.82) is 0 Å². The molecular formula is C20H21FN6. The quantitative estimate of drug-likeness (QED) is 0.757. The number of fused-ring (bicyclic) bond motifs is 1. The minimum Gasteiger partial charge on any atom is -0.325 e. The summed E-state index contributed by atoms with van der Waals surface area (Å²) >= 11 is 0. The first kappa shape index (κ1) is 17.2. The van der Waals surface area contributed by atoms with E-state index < -0.39 is 0 Å². The molecule has 0 spiro atoms. The van der Waals surface area contributed by atoms with Crippen molar-refractivity contribution in [2.75, 3.05) is 11.4 Å². The van der Waals surface area contributed by atoms with Gasteiger partial charge in [-0.3, -0.25) is 10.1 Å². The van der Waals surface area contributed by atoms with Crippen LogP contribution in [0.4, 0.5) is 10.2 Å². The van der Waals surface area contributed by atoms with Crippen molar-refractivity contribution in [3.63, 3.8) is 0 Å². The molecule has 3 aromatic heterocycles. The number of hydrogen-bond acceptors (Lipinski definition) is 4. The van der Waals surface area contributed by atoms with Crippen molar-refractivity contribution >= 4 is 17.1 Å². The fourth-order valence-electron chi connectivity index (χ4n) is 3.44. The number of aromatic amines is 1. The highest BCUT2D eigenvalue weighted by molar-refractivity contribution is 5.87. The summed E-state index contributed by atoms with van der Waals surface area (Å²) < 4.78 is 16.3. The summed E-state index contributed by atoms with van der Waals surface area (Å²) in [5.41, 5.74) is 4.37. The summed E-state index contributed by atoms with van der Waals surface area (Å²) in [6.45, 7) is 11.6. The second-order valence-corrected chi connectivity index (χ2v) is 6.68. The van der Waals surface area contributed by atoms with Crippen LogP contribution in [0.25, 0.3) is 22.5 Å². The number of hydrogen-bond donors (Lipinski definition) is 1. The first-order valence-electron chi connectivity index (χ1n) is 8.90. The number of rotatable bonds is 4.